The number of rotatable bonds is 4. The highest BCUT2D eigenvalue weighted by Crippen LogP contribution is 2.39. The fraction of sp³-hybridized carbons (Fsp3) is 0.550. The quantitative estimate of drug-likeness (QED) is 0.773. The summed E-state index contributed by atoms with van der Waals surface area (Å²) < 4.78 is 10.8. The standard InChI is InChI=1S/C20H25NO5/c1-25-19(24)9-4-8-18(23)21-12-5-10-20(11-13-21)14-16(22)15-6-2-3-7-17(15)26-20/h2-3,6-7H,4-5,8-14H2,1H3. The van der Waals surface area contributed by atoms with E-state index in [0.717, 1.165) is 12.8 Å². The maximum Gasteiger partial charge on any atom is 0.305 e. The van der Waals surface area contributed by atoms with Gasteiger partial charge in [0.1, 0.15) is 11.4 Å². The van der Waals surface area contributed by atoms with Crippen molar-refractivity contribution in [3.8, 4) is 5.75 Å². The fourth-order valence-electron chi connectivity index (χ4n) is 3.78. The number of para-hydroxylation sites is 1. The predicted octanol–water partition coefficient (Wildman–Crippen LogP) is 2.75. The van der Waals surface area contributed by atoms with Crippen LogP contribution in [0, 0.1) is 0 Å². The van der Waals surface area contributed by atoms with Crippen molar-refractivity contribution < 1.29 is 23.9 Å². The number of carbonyl (C=O) groups is 3. The van der Waals surface area contributed by atoms with E-state index in [2.05, 4.69) is 4.74 Å². The normalized spacial score (nSPS) is 22.3. The van der Waals surface area contributed by atoms with Gasteiger partial charge in [-0.3, -0.25) is 14.4 Å². The van der Waals surface area contributed by atoms with Crippen LogP contribution in [-0.4, -0.2) is 48.4 Å². The van der Waals surface area contributed by atoms with E-state index in [9.17, 15) is 14.4 Å². The number of ether oxygens (including phenoxy) is 2. The number of amides is 1. The highest BCUT2D eigenvalue weighted by molar-refractivity contribution is 6.00. The summed E-state index contributed by atoms with van der Waals surface area (Å²) in [6.07, 6.45) is 3.68. The largest absolute Gasteiger partial charge is 0.486 e. The number of hydrogen-bond donors (Lipinski definition) is 0. The van der Waals surface area contributed by atoms with E-state index in [1.165, 1.54) is 7.11 Å². The minimum absolute atomic E-state index is 0.0495. The molecule has 1 unspecified atom stereocenters. The van der Waals surface area contributed by atoms with Crippen molar-refractivity contribution in [2.75, 3.05) is 20.2 Å². The highest BCUT2D eigenvalue weighted by Gasteiger charge is 2.41. The van der Waals surface area contributed by atoms with E-state index in [4.69, 9.17) is 4.74 Å². The Morgan fingerprint density at radius 2 is 2.00 bits per heavy atom. The van der Waals surface area contributed by atoms with E-state index in [1.807, 2.05) is 23.1 Å². The second-order valence-electron chi connectivity index (χ2n) is 7.05. The molecule has 1 amide bonds. The number of likely N-dealkylation sites (tertiary alicyclic amines) is 1. The molecule has 3 rings (SSSR count). The van der Waals surface area contributed by atoms with Gasteiger partial charge in [0.25, 0.3) is 0 Å². The number of methoxy groups -OCH3 is 1. The molecule has 2 aliphatic rings. The Kier molecular flexibility index (Phi) is 5.59. The molecule has 1 atom stereocenters. The van der Waals surface area contributed by atoms with Crippen LogP contribution in [0.2, 0.25) is 0 Å². The molecule has 1 fully saturated rings. The lowest BCUT2D eigenvalue weighted by molar-refractivity contribution is -0.140. The number of esters is 1. The molecule has 0 aromatic heterocycles. The van der Waals surface area contributed by atoms with Crippen molar-refractivity contribution in [2.45, 2.75) is 50.5 Å². The molecule has 6 heteroatoms. The van der Waals surface area contributed by atoms with Gasteiger partial charge < -0.3 is 14.4 Å². The van der Waals surface area contributed by atoms with Gasteiger partial charge in [-0.25, -0.2) is 0 Å². The molecule has 0 aliphatic carbocycles. The minimum atomic E-state index is -0.507. The van der Waals surface area contributed by atoms with Crippen LogP contribution in [0.25, 0.3) is 0 Å². The molecule has 2 heterocycles. The SMILES string of the molecule is COC(=O)CCCC(=O)N1CCCC2(CC1)CC(=O)c1ccccc1O2. The zero-order valence-electron chi connectivity index (χ0n) is 15.2. The second kappa shape index (κ2) is 7.89. The van der Waals surface area contributed by atoms with E-state index in [1.54, 1.807) is 6.07 Å². The average Bonchev–Trinajstić information content (AvgIpc) is 2.84. The first-order valence-corrected chi connectivity index (χ1v) is 9.19. The highest BCUT2D eigenvalue weighted by atomic mass is 16.5. The fourth-order valence-corrected chi connectivity index (χ4v) is 3.78. The van der Waals surface area contributed by atoms with Gasteiger partial charge in [0.15, 0.2) is 5.78 Å². The predicted molar refractivity (Wildman–Crippen MR) is 95.0 cm³/mol. The Labute approximate surface area is 153 Å². The first-order valence-electron chi connectivity index (χ1n) is 9.19. The van der Waals surface area contributed by atoms with Gasteiger partial charge in [-0.15, -0.1) is 0 Å². The zero-order chi connectivity index (χ0) is 18.6. The van der Waals surface area contributed by atoms with Crippen LogP contribution in [0.3, 0.4) is 0 Å². The summed E-state index contributed by atoms with van der Waals surface area (Å²) in [6.45, 7) is 1.24. The summed E-state index contributed by atoms with van der Waals surface area (Å²) in [6, 6.07) is 7.37. The second-order valence-corrected chi connectivity index (χ2v) is 7.05. The van der Waals surface area contributed by atoms with E-state index >= 15 is 0 Å². The Balaban J connectivity index is 1.59. The van der Waals surface area contributed by atoms with E-state index in [0.29, 0.717) is 50.1 Å². The topological polar surface area (TPSA) is 72.9 Å². The third kappa shape index (κ3) is 4.06. The van der Waals surface area contributed by atoms with E-state index < -0.39 is 5.60 Å². The summed E-state index contributed by atoms with van der Waals surface area (Å²) in [4.78, 5) is 37.9. The number of Topliss-reactive ketones (excluding diaryl/α,β-unsaturated/α-hetero) is 1. The monoisotopic (exact) mass is 359 g/mol. The van der Waals surface area contributed by atoms with Crippen LogP contribution in [-0.2, 0) is 14.3 Å². The number of benzene rings is 1. The Morgan fingerprint density at radius 3 is 2.81 bits per heavy atom. The molecular weight excluding hydrogens is 334 g/mol. The maximum absolute atomic E-state index is 12.5. The smallest absolute Gasteiger partial charge is 0.305 e. The van der Waals surface area contributed by atoms with Crippen LogP contribution in [0.5, 0.6) is 5.75 Å². The molecule has 26 heavy (non-hydrogen) atoms. The van der Waals surface area contributed by atoms with Crippen LogP contribution in [0.15, 0.2) is 24.3 Å². The first kappa shape index (κ1) is 18.4. The van der Waals surface area contributed by atoms with Crippen LogP contribution in [0.4, 0.5) is 0 Å². The van der Waals surface area contributed by atoms with Gasteiger partial charge in [-0.2, -0.15) is 0 Å². The number of ketones is 1. The molecule has 1 spiro atoms. The molecule has 0 bridgehead atoms. The lowest BCUT2D eigenvalue weighted by atomic mass is 9.84. The van der Waals surface area contributed by atoms with E-state index in [-0.39, 0.29) is 24.1 Å². The Hall–Kier alpha value is -2.37. The van der Waals surface area contributed by atoms with Crippen molar-refractivity contribution in [3.05, 3.63) is 29.8 Å². The number of hydrogen-bond acceptors (Lipinski definition) is 5. The molecule has 0 saturated carbocycles. The summed E-state index contributed by atoms with van der Waals surface area (Å²) in [5, 5.41) is 0. The first-order chi connectivity index (χ1) is 12.5. The van der Waals surface area contributed by atoms with Crippen molar-refractivity contribution >= 4 is 17.7 Å². The summed E-state index contributed by atoms with van der Waals surface area (Å²) in [5.41, 5.74) is 0.144. The van der Waals surface area contributed by atoms with Gasteiger partial charge in [0.05, 0.1) is 19.1 Å². The molecule has 2 aliphatic heterocycles. The molecule has 0 radical (unpaired) electrons. The minimum Gasteiger partial charge on any atom is -0.486 e. The number of nitrogens with zero attached hydrogens (tertiary/aromatic N) is 1. The third-order valence-electron chi connectivity index (χ3n) is 5.25. The van der Waals surface area contributed by atoms with Crippen molar-refractivity contribution in [1.29, 1.82) is 0 Å². The molecule has 140 valence electrons. The third-order valence-corrected chi connectivity index (χ3v) is 5.25. The molecule has 1 saturated heterocycles. The zero-order valence-corrected chi connectivity index (χ0v) is 15.2. The molecule has 6 nitrogen and oxygen atoms in total. The summed E-state index contributed by atoms with van der Waals surface area (Å²) in [5.74, 6) is 0.528. The lowest BCUT2D eigenvalue weighted by Crippen LogP contribution is -2.43. The van der Waals surface area contributed by atoms with Crippen LogP contribution < -0.4 is 4.74 Å². The van der Waals surface area contributed by atoms with Crippen LogP contribution in [0.1, 0.15) is 55.3 Å². The molecular formula is C20H25NO5. The van der Waals surface area contributed by atoms with Gasteiger partial charge in [-0.1, -0.05) is 12.1 Å². The Morgan fingerprint density at radius 1 is 1.19 bits per heavy atom. The summed E-state index contributed by atoms with van der Waals surface area (Å²) >= 11 is 0. The molecule has 1 aromatic rings. The van der Waals surface area contributed by atoms with Crippen LogP contribution >= 0.6 is 0 Å². The number of carbonyl (C=O) groups excluding carboxylic acids is 3. The van der Waals surface area contributed by atoms with Gasteiger partial charge in [-0.05, 0) is 31.4 Å². The van der Waals surface area contributed by atoms with Crippen molar-refractivity contribution in [3.63, 3.8) is 0 Å². The van der Waals surface area contributed by atoms with Crippen molar-refractivity contribution in [2.24, 2.45) is 0 Å². The molecule has 0 N–H and O–H groups in total. The maximum atomic E-state index is 12.5. The number of fused-ring (bicyclic) bond motifs is 1. The lowest BCUT2D eigenvalue weighted by Gasteiger charge is -2.37. The van der Waals surface area contributed by atoms with Crippen molar-refractivity contribution in [1.82, 2.24) is 4.90 Å². The summed E-state index contributed by atoms with van der Waals surface area (Å²) in [7, 11) is 1.35. The van der Waals surface area contributed by atoms with Gasteiger partial charge >= 0.3 is 5.97 Å². The average molecular weight is 359 g/mol. The van der Waals surface area contributed by atoms with Gasteiger partial charge in [0.2, 0.25) is 5.91 Å². The Bertz CT molecular complexity index is 701. The molecule has 1 aromatic carbocycles. The van der Waals surface area contributed by atoms with Gasteiger partial charge in [0, 0.05) is 32.4 Å².